The second-order valence-corrected chi connectivity index (χ2v) is 5.84. The fourth-order valence-corrected chi connectivity index (χ4v) is 3.03. The SMILES string of the molecule is CC(C)c1ccc(/C=C/c2ccccc2)cc1I. The maximum atomic E-state index is 2.42. The van der Waals surface area contributed by atoms with E-state index in [0.717, 1.165) is 0 Å². The summed E-state index contributed by atoms with van der Waals surface area (Å²) in [6, 6.07) is 17.1. The molecular formula is C17H17I. The van der Waals surface area contributed by atoms with Gasteiger partial charge in [0.1, 0.15) is 0 Å². The summed E-state index contributed by atoms with van der Waals surface area (Å²) in [6.45, 7) is 4.47. The summed E-state index contributed by atoms with van der Waals surface area (Å²) in [6.07, 6.45) is 4.32. The van der Waals surface area contributed by atoms with E-state index in [1.807, 2.05) is 6.07 Å². The van der Waals surface area contributed by atoms with Crippen molar-refractivity contribution in [3.05, 3.63) is 68.8 Å². The highest BCUT2D eigenvalue weighted by atomic mass is 127. The van der Waals surface area contributed by atoms with E-state index in [4.69, 9.17) is 0 Å². The van der Waals surface area contributed by atoms with E-state index in [1.54, 1.807) is 0 Å². The van der Waals surface area contributed by atoms with Crippen LogP contribution in [0.25, 0.3) is 12.2 Å². The normalized spacial score (nSPS) is 11.3. The lowest BCUT2D eigenvalue weighted by molar-refractivity contribution is 0.860. The molecule has 0 radical (unpaired) electrons. The van der Waals surface area contributed by atoms with Crippen molar-refractivity contribution in [1.82, 2.24) is 0 Å². The predicted molar refractivity (Wildman–Crippen MR) is 88.6 cm³/mol. The van der Waals surface area contributed by atoms with Crippen LogP contribution < -0.4 is 0 Å². The van der Waals surface area contributed by atoms with Gasteiger partial charge in [0.15, 0.2) is 0 Å². The molecule has 0 fully saturated rings. The Morgan fingerprint density at radius 2 is 1.56 bits per heavy atom. The molecule has 1 heteroatoms. The maximum Gasteiger partial charge on any atom is 0.0170 e. The van der Waals surface area contributed by atoms with Crippen LogP contribution in [0.15, 0.2) is 48.5 Å². The summed E-state index contributed by atoms with van der Waals surface area (Å²) in [7, 11) is 0. The highest BCUT2D eigenvalue weighted by Gasteiger charge is 2.03. The molecule has 0 atom stereocenters. The fourth-order valence-electron chi connectivity index (χ4n) is 1.87. The van der Waals surface area contributed by atoms with Crippen LogP contribution in [0.1, 0.15) is 36.5 Å². The highest BCUT2D eigenvalue weighted by molar-refractivity contribution is 14.1. The van der Waals surface area contributed by atoms with E-state index in [-0.39, 0.29) is 0 Å². The van der Waals surface area contributed by atoms with Crippen molar-refractivity contribution in [1.29, 1.82) is 0 Å². The Morgan fingerprint density at radius 1 is 0.889 bits per heavy atom. The minimum Gasteiger partial charge on any atom is -0.0622 e. The van der Waals surface area contributed by atoms with Crippen LogP contribution in [0.3, 0.4) is 0 Å². The summed E-state index contributed by atoms with van der Waals surface area (Å²) >= 11 is 2.42. The summed E-state index contributed by atoms with van der Waals surface area (Å²) in [5, 5.41) is 0. The molecule has 0 saturated carbocycles. The lowest BCUT2D eigenvalue weighted by Gasteiger charge is -2.08. The first-order valence-electron chi connectivity index (χ1n) is 6.19. The van der Waals surface area contributed by atoms with Gasteiger partial charge in [-0.3, -0.25) is 0 Å². The van der Waals surface area contributed by atoms with Crippen LogP contribution in [0, 0.1) is 3.57 Å². The molecule has 0 saturated heterocycles. The van der Waals surface area contributed by atoms with Gasteiger partial charge < -0.3 is 0 Å². The van der Waals surface area contributed by atoms with Crippen molar-refractivity contribution in [2.24, 2.45) is 0 Å². The minimum absolute atomic E-state index is 0.587. The first-order valence-corrected chi connectivity index (χ1v) is 7.27. The Kier molecular flexibility index (Phi) is 4.59. The van der Waals surface area contributed by atoms with Gasteiger partial charge >= 0.3 is 0 Å². The number of hydrogen-bond donors (Lipinski definition) is 0. The van der Waals surface area contributed by atoms with Crippen molar-refractivity contribution in [2.45, 2.75) is 19.8 Å². The maximum absolute atomic E-state index is 2.42. The molecule has 0 amide bonds. The van der Waals surface area contributed by atoms with Gasteiger partial charge in [0.25, 0.3) is 0 Å². The molecule has 0 aliphatic rings. The van der Waals surface area contributed by atoms with Crippen molar-refractivity contribution < 1.29 is 0 Å². The van der Waals surface area contributed by atoms with E-state index >= 15 is 0 Å². The van der Waals surface area contributed by atoms with Crippen molar-refractivity contribution in [2.75, 3.05) is 0 Å². The second-order valence-electron chi connectivity index (χ2n) is 4.68. The van der Waals surface area contributed by atoms with Crippen LogP contribution in [-0.4, -0.2) is 0 Å². The van der Waals surface area contributed by atoms with Crippen molar-refractivity contribution >= 4 is 34.7 Å². The molecule has 0 aromatic heterocycles. The van der Waals surface area contributed by atoms with Gasteiger partial charge in [-0.2, -0.15) is 0 Å². The standard InChI is InChI=1S/C17H17I/c1-13(2)16-11-10-15(12-17(16)18)9-8-14-6-4-3-5-7-14/h3-13H,1-2H3/b9-8+. The Morgan fingerprint density at radius 3 is 2.17 bits per heavy atom. The van der Waals surface area contributed by atoms with Gasteiger partial charge in [0.2, 0.25) is 0 Å². The van der Waals surface area contributed by atoms with Gasteiger partial charge in [-0.25, -0.2) is 0 Å². The Labute approximate surface area is 123 Å². The van der Waals surface area contributed by atoms with Crippen LogP contribution in [0.5, 0.6) is 0 Å². The molecule has 2 aromatic rings. The topological polar surface area (TPSA) is 0 Å². The predicted octanol–water partition coefficient (Wildman–Crippen LogP) is 5.59. The third kappa shape index (κ3) is 3.45. The van der Waals surface area contributed by atoms with Crippen LogP contribution >= 0.6 is 22.6 Å². The molecule has 0 heterocycles. The molecule has 0 spiro atoms. The van der Waals surface area contributed by atoms with Crippen LogP contribution in [-0.2, 0) is 0 Å². The number of benzene rings is 2. The first-order chi connectivity index (χ1) is 8.66. The molecule has 0 nitrogen and oxygen atoms in total. The Bertz CT molecular complexity index is 539. The van der Waals surface area contributed by atoms with Gasteiger partial charge in [-0.15, -0.1) is 0 Å². The van der Waals surface area contributed by atoms with Crippen molar-refractivity contribution in [3.8, 4) is 0 Å². The van der Waals surface area contributed by atoms with Gasteiger partial charge in [0.05, 0.1) is 0 Å². The Hall–Kier alpha value is -1.09. The fraction of sp³-hybridized carbons (Fsp3) is 0.176. The highest BCUT2D eigenvalue weighted by Crippen LogP contribution is 2.23. The molecule has 0 aliphatic heterocycles. The molecule has 0 aliphatic carbocycles. The molecule has 92 valence electrons. The zero-order valence-corrected chi connectivity index (χ0v) is 12.9. The summed E-state index contributed by atoms with van der Waals surface area (Å²) < 4.78 is 1.35. The Balaban J connectivity index is 2.21. The average molecular weight is 348 g/mol. The summed E-state index contributed by atoms with van der Waals surface area (Å²) in [5.41, 5.74) is 3.92. The van der Waals surface area contributed by atoms with Gasteiger partial charge in [-0.05, 0) is 51.3 Å². The lowest BCUT2D eigenvalue weighted by Crippen LogP contribution is -1.91. The molecule has 0 unspecified atom stereocenters. The van der Waals surface area contributed by atoms with Gasteiger partial charge in [-0.1, -0.05) is 68.5 Å². The molecule has 0 bridgehead atoms. The zero-order valence-electron chi connectivity index (χ0n) is 10.7. The third-order valence-corrected chi connectivity index (χ3v) is 3.85. The van der Waals surface area contributed by atoms with E-state index in [0.29, 0.717) is 5.92 Å². The quantitative estimate of drug-likeness (QED) is 0.501. The number of halogens is 1. The number of rotatable bonds is 3. The summed E-state index contributed by atoms with van der Waals surface area (Å²) in [4.78, 5) is 0. The van der Waals surface area contributed by atoms with Crippen LogP contribution in [0.2, 0.25) is 0 Å². The van der Waals surface area contributed by atoms with Crippen LogP contribution in [0.4, 0.5) is 0 Å². The zero-order chi connectivity index (χ0) is 13.0. The number of hydrogen-bond acceptors (Lipinski definition) is 0. The third-order valence-electron chi connectivity index (χ3n) is 2.91. The van der Waals surface area contributed by atoms with Crippen molar-refractivity contribution in [3.63, 3.8) is 0 Å². The average Bonchev–Trinajstić information content (AvgIpc) is 2.37. The largest absolute Gasteiger partial charge is 0.0622 e. The first kappa shape index (κ1) is 13.3. The van der Waals surface area contributed by atoms with E-state index < -0.39 is 0 Å². The summed E-state index contributed by atoms with van der Waals surface area (Å²) in [5.74, 6) is 0.587. The molecule has 18 heavy (non-hydrogen) atoms. The lowest BCUT2D eigenvalue weighted by atomic mass is 10.0. The molecule has 2 rings (SSSR count). The van der Waals surface area contributed by atoms with E-state index in [1.165, 1.54) is 20.3 Å². The monoisotopic (exact) mass is 348 g/mol. The molecule has 0 N–H and O–H groups in total. The molecular weight excluding hydrogens is 331 g/mol. The minimum atomic E-state index is 0.587. The van der Waals surface area contributed by atoms with E-state index in [2.05, 4.69) is 91.1 Å². The molecule has 2 aromatic carbocycles. The van der Waals surface area contributed by atoms with Gasteiger partial charge in [0, 0.05) is 3.57 Å². The smallest absolute Gasteiger partial charge is 0.0170 e. The van der Waals surface area contributed by atoms with E-state index in [9.17, 15) is 0 Å². The second kappa shape index (κ2) is 6.19.